The Hall–Kier alpha value is -1.30. The average molecular weight is 297 g/mol. The van der Waals surface area contributed by atoms with Crippen LogP contribution < -0.4 is 11.5 Å². The van der Waals surface area contributed by atoms with Crippen molar-refractivity contribution in [1.82, 2.24) is 5.06 Å². The number of rotatable bonds is 10. The van der Waals surface area contributed by atoms with E-state index >= 15 is 0 Å². The second-order valence-electron chi connectivity index (χ2n) is 6.04. The summed E-state index contributed by atoms with van der Waals surface area (Å²) >= 11 is 0. The monoisotopic (exact) mass is 297 g/mol. The quantitative estimate of drug-likeness (QED) is 0.607. The van der Waals surface area contributed by atoms with E-state index in [9.17, 15) is 0 Å². The van der Waals surface area contributed by atoms with Gasteiger partial charge in [0.1, 0.15) is 0 Å². The normalized spacial score (nSPS) is 17.6. The number of hydroxylamine groups is 2. The van der Waals surface area contributed by atoms with Crippen molar-refractivity contribution < 1.29 is 4.84 Å². The SMILES string of the molecule is CCCCCCCCCCON1C(N)=NC(N)=NC1(C)C. The number of guanidine groups is 2. The van der Waals surface area contributed by atoms with Crippen molar-refractivity contribution in [1.29, 1.82) is 0 Å². The first-order valence-electron chi connectivity index (χ1n) is 8.10. The lowest BCUT2D eigenvalue weighted by atomic mass is 10.1. The van der Waals surface area contributed by atoms with E-state index in [0.29, 0.717) is 6.61 Å². The first-order chi connectivity index (χ1) is 9.97. The second kappa shape index (κ2) is 8.87. The molecule has 0 spiro atoms. The second-order valence-corrected chi connectivity index (χ2v) is 6.04. The van der Waals surface area contributed by atoms with E-state index in [2.05, 4.69) is 16.9 Å². The van der Waals surface area contributed by atoms with Gasteiger partial charge in [0.2, 0.25) is 11.9 Å². The number of hydrogen-bond donors (Lipinski definition) is 2. The van der Waals surface area contributed by atoms with Crippen molar-refractivity contribution in [3.63, 3.8) is 0 Å². The van der Waals surface area contributed by atoms with Crippen LogP contribution in [0.4, 0.5) is 0 Å². The molecule has 1 heterocycles. The van der Waals surface area contributed by atoms with Crippen LogP contribution in [0.5, 0.6) is 0 Å². The van der Waals surface area contributed by atoms with Gasteiger partial charge >= 0.3 is 0 Å². The third-order valence-electron chi connectivity index (χ3n) is 3.54. The molecule has 0 fully saturated rings. The molecule has 0 aromatic carbocycles. The first-order valence-corrected chi connectivity index (χ1v) is 8.10. The van der Waals surface area contributed by atoms with Crippen molar-refractivity contribution in [2.75, 3.05) is 6.61 Å². The number of nitrogens with zero attached hydrogens (tertiary/aromatic N) is 3. The van der Waals surface area contributed by atoms with Crippen molar-refractivity contribution in [2.24, 2.45) is 21.5 Å². The standard InChI is InChI=1S/C15H31N5O/c1-4-5-6-7-8-9-10-11-12-21-20-14(17)18-13(16)19-15(20,2)3/h4-12H2,1-3H3,(H4,16,17,18,19). The van der Waals surface area contributed by atoms with E-state index in [1.807, 2.05) is 13.8 Å². The van der Waals surface area contributed by atoms with Crippen LogP contribution in [0.3, 0.4) is 0 Å². The molecule has 0 bridgehead atoms. The predicted molar refractivity (Wildman–Crippen MR) is 87.7 cm³/mol. The molecule has 0 aliphatic carbocycles. The third-order valence-corrected chi connectivity index (χ3v) is 3.54. The lowest BCUT2D eigenvalue weighted by Gasteiger charge is -2.36. The van der Waals surface area contributed by atoms with E-state index in [1.165, 1.54) is 44.9 Å². The van der Waals surface area contributed by atoms with E-state index < -0.39 is 5.66 Å². The largest absolute Gasteiger partial charge is 0.368 e. The van der Waals surface area contributed by atoms with Crippen molar-refractivity contribution in [2.45, 2.75) is 77.8 Å². The molecule has 0 radical (unpaired) electrons. The van der Waals surface area contributed by atoms with Gasteiger partial charge in [0.05, 0.1) is 6.61 Å². The van der Waals surface area contributed by atoms with Crippen LogP contribution in [-0.4, -0.2) is 29.3 Å². The smallest absolute Gasteiger partial charge is 0.226 e. The van der Waals surface area contributed by atoms with Crippen molar-refractivity contribution >= 4 is 11.9 Å². The Labute approximate surface area is 128 Å². The molecule has 0 unspecified atom stereocenters. The molecule has 0 saturated carbocycles. The fraction of sp³-hybridized carbons (Fsp3) is 0.867. The van der Waals surface area contributed by atoms with Gasteiger partial charge in [-0.3, -0.25) is 4.84 Å². The Morgan fingerprint density at radius 1 is 1.00 bits per heavy atom. The molecule has 0 aromatic rings. The fourth-order valence-corrected chi connectivity index (χ4v) is 2.41. The third kappa shape index (κ3) is 6.33. The highest BCUT2D eigenvalue weighted by atomic mass is 16.7. The zero-order valence-corrected chi connectivity index (χ0v) is 13.8. The Morgan fingerprint density at radius 2 is 1.57 bits per heavy atom. The minimum absolute atomic E-state index is 0.199. The van der Waals surface area contributed by atoms with Gasteiger partial charge < -0.3 is 11.5 Å². The van der Waals surface area contributed by atoms with Gasteiger partial charge in [-0.15, -0.1) is 0 Å². The van der Waals surface area contributed by atoms with Gasteiger partial charge in [-0.2, -0.15) is 10.1 Å². The van der Waals surface area contributed by atoms with Crippen LogP contribution in [-0.2, 0) is 4.84 Å². The van der Waals surface area contributed by atoms with Crippen LogP contribution in [0.1, 0.15) is 72.1 Å². The summed E-state index contributed by atoms with van der Waals surface area (Å²) in [5.41, 5.74) is 10.9. The number of aliphatic imine (C=N–C) groups is 2. The molecule has 0 saturated heterocycles. The molecule has 4 N–H and O–H groups in total. The van der Waals surface area contributed by atoms with Gasteiger partial charge in [-0.25, -0.2) is 4.99 Å². The van der Waals surface area contributed by atoms with Gasteiger partial charge in [-0.1, -0.05) is 51.9 Å². The summed E-state index contributed by atoms with van der Waals surface area (Å²) in [6.07, 6.45) is 10.2. The van der Waals surface area contributed by atoms with Crippen LogP contribution in [0, 0.1) is 0 Å². The van der Waals surface area contributed by atoms with Crippen LogP contribution in [0.15, 0.2) is 9.98 Å². The maximum atomic E-state index is 5.84. The van der Waals surface area contributed by atoms with Gasteiger partial charge in [0.25, 0.3) is 0 Å². The van der Waals surface area contributed by atoms with Gasteiger partial charge in [-0.05, 0) is 20.3 Å². The molecule has 1 aliphatic heterocycles. The van der Waals surface area contributed by atoms with E-state index in [1.54, 1.807) is 5.06 Å². The molecule has 6 nitrogen and oxygen atoms in total. The minimum atomic E-state index is -0.601. The van der Waals surface area contributed by atoms with E-state index in [0.717, 1.165) is 6.42 Å². The molecule has 0 aromatic heterocycles. The van der Waals surface area contributed by atoms with Crippen LogP contribution in [0.2, 0.25) is 0 Å². The molecule has 6 heteroatoms. The lowest BCUT2D eigenvalue weighted by Crippen LogP contribution is -2.53. The Balaban J connectivity index is 2.14. The molecule has 0 amide bonds. The molecular weight excluding hydrogens is 266 g/mol. The summed E-state index contributed by atoms with van der Waals surface area (Å²) in [4.78, 5) is 13.9. The summed E-state index contributed by atoms with van der Waals surface area (Å²) in [5, 5.41) is 1.55. The lowest BCUT2D eigenvalue weighted by molar-refractivity contribution is -0.157. The Bertz CT molecular complexity index is 365. The molecular formula is C15H31N5O. The molecule has 1 rings (SSSR count). The zero-order valence-electron chi connectivity index (χ0n) is 13.8. The zero-order chi connectivity index (χ0) is 15.7. The van der Waals surface area contributed by atoms with Crippen molar-refractivity contribution in [3.05, 3.63) is 0 Å². The summed E-state index contributed by atoms with van der Waals surface area (Å²) in [6, 6.07) is 0. The Morgan fingerprint density at radius 3 is 2.14 bits per heavy atom. The van der Waals surface area contributed by atoms with Gasteiger partial charge in [0, 0.05) is 0 Å². The van der Waals surface area contributed by atoms with Gasteiger partial charge in [0.15, 0.2) is 5.66 Å². The summed E-state index contributed by atoms with van der Waals surface area (Å²) in [5.74, 6) is 0.469. The highest BCUT2D eigenvalue weighted by Crippen LogP contribution is 2.20. The number of unbranched alkanes of at least 4 members (excludes halogenated alkanes) is 7. The average Bonchev–Trinajstić information content (AvgIpc) is 2.38. The van der Waals surface area contributed by atoms with Crippen molar-refractivity contribution in [3.8, 4) is 0 Å². The number of nitrogens with two attached hydrogens (primary N) is 2. The summed E-state index contributed by atoms with van der Waals surface area (Å²) in [7, 11) is 0. The Kier molecular flexibility index (Phi) is 7.50. The minimum Gasteiger partial charge on any atom is -0.368 e. The molecule has 21 heavy (non-hydrogen) atoms. The molecule has 0 atom stereocenters. The predicted octanol–water partition coefficient (Wildman–Crippen LogP) is 2.74. The fourth-order valence-electron chi connectivity index (χ4n) is 2.41. The summed E-state index contributed by atoms with van der Waals surface area (Å²) in [6.45, 7) is 6.67. The molecule has 122 valence electrons. The van der Waals surface area contributed by atoms with E-state index in [4.69, 9.17) is 16.3 Å². The topological polar surface area (TPSA) is 89.2 Å². The van der Waals surface area contributed by atoms with E-state index in [-0.39, 0.29) is 11.9 Å². The molecule has 1 aliphatic rings. The highest BCUT2D eigenvalue weighted by Gasteiger charge is 2.32. The van der Waals surface area contributed by atoms with Crippen LogP contribution in [0.25, 0.3) is 0 Å². The first kappa shape index (κ1) is 17.8. The maximum Gasteiger partial charge on any atom is 0.226 e. The number of hydrogen-bond acceptors (Lipinski definition) is 6. The van der Waals surface area contributed by atoms with Crippen LogP contribution >= 0.6 is 0 Å². The highest BCUT2D eigenvalue weighted by molar-refractivity contribution is 5.95. The summed E-state index contributed by atoms with van der Waals surface area (Å²) < 4.78 is 0. The maximum absolute atomic E-state index is 5.84.